The Kier molecular flexibility index (Phi) is 4.43. The highest BCUT2D eigenvalue weighted by atomic mass is 16.6. The third-order valence-corrected chi connectivity index (χ3v) is 3.29. The molecular weight excluding hydrogens is 190 g/mol. The molecule has 1 amide bonds. The maximum absolute atomic E-state index is 11.3. The third kappa shape index (κ3) is 3.73. The highest BCUT2D eigenvalue weighted by Gasteiger charge is 2.25. The Labute approximate surface area is 92.8 Å². The molecule has 0 spiro atoms. The van der Waals surface area contributed by atoms with E-state index in [1.165, 1.54) is 17.7 Å². The SMILES string of the molecule is CC(C)[C@H]1CC[C@H](OC(=O)N(C)C)CC1. The standard InChI is InChI=1S/C12H23NO2/c1-9(2)10-5-7-11(8-6-10)15-12(14)13(3)4/h9-11H,5-8H2,1-4H3/t10-,11-. The lowest BCUT2D eigenvalue weighted by molar-refractivity contribution is 0.0419. The van der Waals surface area contributed by atoms with E-state index in [1.54, 1.807) is 14.1 Å². The molecule has 0 unspecified atom stereocenters. The van der Waals surface area contributed by atoms with Crippen LogP contribution >= 0.6 is 0 Å². The number of nitrogens with zero attached hydrogens (tertiary/aromatic N) is 1. The van der Waals surface area contributed by atoms with E-state index in [9.17, 15) is 4.79 Å². The molecule has 0 saturated heterocycles. The van der Waals surface area contributed by atoms with Gasteiger partial charge in [-0.25, -0.2) is 4.79 Å². The van der Waals surface area contributed by atoms with Gasteiger partial charge < -0.3 is 9.64 Å². The average molecular weight is 213 g/mol. The minimum Gasteiger partial charge on any atom is -0.446 e. The minimum absolute atomic E-state index is 0.148. The topological polar surface area (TPSA) is 29.5 Å². The molecule has 0 N–H and O–H groups in total. The molecule has 0 aliphatic heterocycles. The van der Waals surface area contributed by atoms with Crippen LogP contribution in [0.4, 0.5) is 4.79 Å². The van der Waals surface area contributed by atoms with Crippen LogP contribution < -0.4 is 0 Å². The maximum atomic E-state index is 11.3. The lowest BCUT2D eigenvalue weighted by Crippen LogP contribution is -2.31. The summed E-state index contributed by atoms with van der Waals surface area (Å²) < 4.78 is 5.37. The number of hydrogen-bond acceptors (Lipinski definition) is 2. The number of carbonyl (C=O) groups is 1. The zero-order valence-corrected chi connectivity index (χ0v) is 10.3. The molecule has 3 nitrogen and oxygen atoms in total. The van der Waals surface area contributed by atoms with E-state index in [-0.39, 0.29) is 12.2 Å². The molecule has 0 aromatic rings. The van der Waals surface area contributed by atoms with Crippen LogP contribution in [0.3, 0.4) is 0 Å². The van der Waals surface area contributed by atoms with Gasteiger partial charge in [0.15, 0.2) is 0 Å². The van der Waals surface area contributed by atoms with Crippen molar-refractivity contribution in [3.63, 3.8) is 0 Å². The summed E-state index contributed by atoms with van der Waals surface area (Å²) >= 11 is 0. The van der Waals surface area contributed by atoms with Gasteiger partial charge in [0, 0.05) is 14.1 Å². The van der Waals surface area contributed by atoms with Gasteiger partial charge >= 0.3 is 6.09 Å². The van der Waals surface area contributed by atoms with Crippen molar-refractivity contribution in [3.05, 3.63) is 0 Å². The van der Waals surface area contributed by atoms with Crippen LogP contribution in [0.2, 0.25) is 0 Å². The largest absolute Gasteiger partial charge is 0.446 e. The van der Waals surface area contributed by atoms with Crippen molar-refractivity contribution in [2.75, 3.05) is 14.1 Å². The second-order valence-corrected chi connectivity index (χ2v) is 5.06. The number of ether oxygens (including phenoxy) is 1. The van der Waals surface area contributed by atoms with E-state index in [4.69, 9.17) is 4.74 Å². The molecule has 0 radical (unpaired) electrons. The molecule has 0 aromatic carbocycles. The molecule has 1 fully saturated rings. The predicted molar refractivity (Wildman–Crippen MR) is 60.8 cm³/mol. The van der Waals surface area contributed by atoms with Crippen LogP contribution in [0, 0.1) is 11.8 Å². The van der Waals surface area contributed by atoms with Crippen LogP contribution in [0.1, 0.15) is 39.5 Å². The summed E-state index contributed by atoms with van der Waals surface area (Å²) in [5.41, 5.74) is 0. The lowest BCUT2D eigenvalue weighted by Gasteiger charge is -2.31. The first-order chi connectivity index (χ1) is 7.00. The van der Waals surface area contributed by atoms with Crippen molar-refractivity contribution in [2.45, 2.75) is 45.6 Å². The fraction of sp³-hybridized carbons (Fsp3) is 0.917. The fourth-order valence-electron chi connectivity index (χ4n) is 2.12. The Balaban J connectivity index is 2.29. The van der Waals surface area contributed by atoms with Crippen molar-refractivity contribution in [3.8, 4) is 0 Å². The Morgan fingerprint density at radius 1 is 1.20 bits per heavy atom. The monoisotopic (exact) mass is 213 g/mol. The summed E-state index contributed by atoms with van der Waals surface area (Å²) in [5, 5.41) is 0. The van der Waals surface area contributed by atoms with Crippen molar-refractivity contribution in [1.29, 1.82) is 0 Å². The van der Waals surface area contributed by atoms with Gasteiger partial charge in [-0.2, -0.15) is 0 Å². The first-order valence-corrected chi connectivity index (χ1v) is 5.88. The Bertz CT molecular complexity index is 206. The molecule has 1 saturated carbocycles. The molecule has 0 bridgehead atoms. The minimum atomic E-state index is -0.206. The van der Waals surface area contributed by atoms with E-state index in [0.717, 1.165) is 24.7 Å². The van der Waals surface area contributed by atoms with E-state index in [0.29, 0.717) is 0 Å². The molecule has 3 heteroatoms. The number of rotatable bonds is 2. The van der Waals surface area contributed by atoms with Crippen LogP contribution in [-0.2, 0) is 4.74 Å². The average Bonchev–Trinajstić information content (AvgIpc) is 2.18. The lowest BCUT2D eigenvalue weighted by atomic mass is 9.80. The van der Waals surface area contributed by atoms with E-state index >= 15 is 0 Å². The van der Waals surface area contributed by atoms with Gasteiger partial charge in [-0.3, -0.25) is 0 Å². The summed E-state index contributed by atoms with van der Waals surface area (Å²) in [6.07, 6.45) is 4.40. The molecular formula is C12H23NO2. The molecule has 1 rings (SSSR count). The quantitative estimate of drug-likeness (QED) is 0.706. The second kappa shape index (κ2) is 5.38. The number of carbonyl (C=O) groups excluding carboxylic acids is 1. The van der Waals surface area contributed by atoms with Crippen LogP contribution in [-0.4, -0.2) is 31.2 Å². The van der Waals surface area contributed by atoms with Gasteiger partial charge in [-0.1, -0.05) is 13.8 Å². The molecule has 15 heavy (non-hydrogen) atoms. The number of hydrogen-bond donors (Lipinski definition) is 0. The normalized spacial score (nSPS) is 26.5. The Morgan fingerprint density at radius 3 is 2.13 bits per heavy atom. The summed E-state index contributed by atoms with van der Waals surface area (Å²) in [7, 11) is 3.45. The fourth-order valence-corrected chi connectivity index (χ4v) is 2.12. The molecule has 0 heterocycles. The van der Waals surface area contributed by atoms with E-state index in [2.05, 4.69) is 13.8 Å². The van der Waals surface area contributed by atoms with Crippen molar-refractivity contribution < 1.29 is 9.53 Å². The Morgan fingerprint density at radius 2 is 1.73 bits per heavy atom. The summed E-state index contributed by atoms with van der Waals surface area (Å²) in [4.78, 5) is 12.8. The highest BCUT2D eigenvalue weighted by molar-refractivity contribution is 5.66. The van der Waals surface area contributed by atoms with Gasteiger partial charge in [0.05, 0.1) is 0 Å². The van der Waals surface area contributed by atoms with Crippen molar-refractivity contribution in [1.82, 2.24) is 4.90 Å². The van der Waals surface area contributed by atoms with Crippen molar-refractivity contribution in [2.24, 2.45) is 11.8 Å². The van der Waals surface area contributed by atoms with Crippen LogP contribution in [0.25, 0.3) is 0 Å². The van der Waals surface area contributed by atoms with Gasteiger partial charge in [0.1, 0.15) is 6.10 Å². The third-order valence-electron chi connectivity index (χ3n) is 3.29. The van der Waals surface area contributed by atoms with Gasteiger partial charge in [0.25, 0.3) is 0 Å². The van der Waals surface area contributed by atoms with E-state index < -0.39 is 0 Å². The smallest absolute Gasteiger partial charge is 0.409 e. The summed E-state index contributed by atoms with van der Waals surface area (Å²) in [6.45, 7) is 4.55. The zero-order chi connectivity index (χ0) is 11.4. The molecule has 0 atom stereocenters. The second-order valence-electron chi connectivity index (χ2n) is 5.06. The zero-order valence-electron chi connectivity index (χ0n) is 10.3. The van der Waals surface area contributed by atoms with E-state index in [1.807, 2.05) is 0 Å². The molecule has 1 aliphatic carbocycles. The summed E-state index contributed by atoms with van der Waals surface area (Å²) in [6, 6.07) is 0. The summed E-state index contributed by atoms with van der Waals surface area (Å²) in [5.74, 6) is 1.58. The van der Waals surface area contributed by atoms with Gasteiger partial charge in [-0.05, 0) is 37.5 Å². The number of amides is 1. The van der Waals surface area contributed by atoms with Gasteiger partial charge in [0.2, 0.25) is 0 Å². The first-order valence-electron chi connectivity index (χ1n) is 5.88. The first kappa shape index (κ1) is 12.3. The molecule has 1 aliphatic rings. The molecule has 88 valence electrons. The highest BCUT2D eigenvalue weighted by Crippen LogP contribution is 2.31. The van der Waals surface area contributed by atoms with Crippen LogP contribution in [0.15, 0.2) is 0 Å². The maximum Gasteiger partial charge on any atom is 0.409 e. The molecule has 0 aromatic heterocycles. The predicted octanol–water partition coefficient (Wildman–Crippen LogP) is 2.90. The van der Waals surface area contributed by atoms with Crippen LogP contribution in [0.5, 0.6) is 0 Å². The van der Waals surface area contributed by atoms with Crippen molar-refractivity contribution >= 4 is 6.09 Å². The Hall–Kier alpha value is -0.730. The van der Waals surface area contributed by atoms with Gasteiger partial charge in [-0.15, -0.1) is 0 Å².